The van der Waals surface area contributed by atoms with Crippen molar-refractivity contribution in [2.24, 2.45) is 5.92 Å². The van der Waals surface area contributed by atoms with E-state index in [0.29, 0.717) is 37.8 Å². The molecule has 1 N–H and O–H groups in total. The fourth-order valence-corrected chi connectivity index (χ4v) is 4.29. The van der Waals surface area contributed by atoms with Crippen LogP contribution >= 0.6 is 0 Å². The molecule has 170 valence electrons. The largest absolute Gasteiger partial charge is 0.503 e. The molecule has 1 fully saturated rings. The Morgan fingerprint density at radius 1 is 1.10 bits per heavy atom. The number of carbonyl (C=O) groups excluding carboxylic acids is 2. The Bertz CT molecular complexity index is 842. The molecule has 1 unspecified atom stereocenters. The van der Waals surface area contributed by atoms with E-state index in [-0.39, 0.29) is 17.3 Å². The van der Waals surface area contributed by atoms with Crippen LogP contribution in [0, 0.1) is 5.92 Å². The van der Waals surface area contributed by atoms with Gasteiger partial charge in [-0.25, -0.2) is 0 Å². The fourth-order valence-electron chi connectivity index (χ4n) is 4.29. The highest BCUT2D eigenvalue weighted by molar-refractivity contribution is 6.09. The molecule has 7 heteroatoms. The fraction of sp³-hybridized carbons (Fsp3) is 0.583. The summed E-state index contributed by atoms with van der Waals surface area (Å²) in [4.78, 5) is 29.9. The summed E-state index contributed by atoms with van der Waals surface area (Å²) in [6.45, 7) is 11.5. The van der Waals surface area contributed by atoms with Crippen LogP contribution in [0.3, 0.4) is 0 Å². The number of ketones is 1. The van der Waals surface area contributed by atoms with Gasteiger partial charge < -0.3 is 24.4 Å². The zero-order chi connectivity index (χ0) is 22.5. The first-order chi connectivity index (χ1) is 14.9. The number of aliphatic hydroxyl groups is 1. The van der Waals surface area contributed by atoms with Crippen molar-refractivity contribution >= 4 is 11.7 Å². The van der Waals surface area contributed by atoms with Gasteiger partial charge >= 0.3 is 0 Å². The third-order valence-electron chi connectivity index (χ3n) is 5.83. The highest BCUT2D eigenvalue weighted by atomic mass is 16.5. The van der Waals surface area contributed by atoms with Crippen molar-refractivity contribution in [3.8, 4) is 11.5 Å². The van der Waals surface area contributed by atoms with E-state index in [2.05, 4.69) is 4.90 Å². The van der Waals surface area contributed by atoms with Gasteiger partial charge in [-0.2, -0.15) is 0 Å². The van der Waals surface area contributed by atoms with E-state index in [1.165, 1.54) is 0 Å². The van der Waals surface area contributed by atoms with E-state index in [4.69, 9.17) is 9.47 Å². The van der Waals surface area contributed by atoms with E-state index in [0.717, 1.165) is 31.5 Å². The Balaban J connectivity index is 1.99. The first-order valence-corrected chi connectivity index (χ1v) is 11.3. The normalized spacial score (nSPS) is 19.6. The molecule has 0 bridgehead atoms. The minimum Gasteiger partial charge on any atom is -0.503 e. The number of hydrogen-bond acceptors (Lipinski definition) is 6. The summed E-state index contributed by atoms with van der Waals surface area (Å²) in [6, 6.07) is 4.84. The average Bonchev–Trinajstić information content (AvgIpc) is 3.35. The lowest BCUT2D eigenvalue weighted by Crippen LogP contribution is -2.38. The monoisotopic (exact) mass is 430 g/mol. The maximum absolute atomic E-state index is 13.0. The molecule has 2 aliphatic heterocycles. The molecule has 1 aromatic carbocycles. The highest BCUT2D eigenvalue weighted by Gasteiger charge is 2.44. The second-order valence-corrected chi connectivity index (χ2v) is 8.30. The van der Waals surface area contributed by atoms with Gasteiger partial charge in [-0.15, -0.1) is 0 Å². The molecule has 3 rings (SSSR count). The molecule has 0 aromatic heterocycles. The SMILES string of the molecule is CCOc1ccc(C2C(C(=O)C(C)C)=C(O)C(=O)N2CCN2CCCC2)cc1OCC. The maximum Gasteiger partial charge on any atom is 0.290 e. The summed E-state index contributed by atoms with van der Waals surface area (Å²) >= 11 is 0. The summed E-state index contributed by atoms with van der Waals surface area (Å²) in [7, 11) is 0. The Morgan fingerprint density at radius 2 is 1.74 bits per heavy atom. The molecular weight excluding hydrogens is 396 g/mol. The molecule has 0 spiro atoms. The predicted octanol–water partition coefficient (Wildman–Crippen LogP) is 3.50. The van der Waals surface area contributed by atoms with Crippen LogP contribution in [-0.4, -0.2) is 66.0 Å². The molecule has 2 aliphatic rings. The smallest absolute Gasteiger partial charge is 0.290 e. The molecule has 7 nitrogen and oxygen atoms in total. The standard InChI is InChI=1S/C24H34N2O5/c1-5-30-18-10-9-17(15-19(18)31-6-2)21-20(22(27)16(3)4)23(28)24(29)26(21)14-13-25-11-7-8-12-25/h9-10,15-16,21,28H,5-8,11-14H2,1-4H3. The second-order valence-electron chi connectivity index (χ2n) is 8.30. The summed E-state index contributed by atoms with van der Waals surface area (Å²) < 4.78 is 11.4. The predicted molar refractivity (Wildman–Crippen MR) is 118 cm³/mol. The number of Topliss-reactive ketones (excluding diaryl/α,β-unsaturated/α-hetero) is 1. The molecule has 31 heavy (non-hydrogen) atoms. The minimum absolute atomic E-state index is 0.174. The van der Waals surface area contributed by atoms with Crippen LogP contribution in [0.5, 0.6) is 11.5 Å². The van der Waals surface area contributed by atoms with Crippen molar-refractivity contribution in [2.75, 3.05) is 39.4 Å². The molecule has 1 aromatic rings. The lowest BCUT2D eigenvalue weighted by Gasteiger charge is -2.29. The molecule has 0 saturated carbocycles. The van der Waals surface area contributed by atoms with Crippen LogP contribution in [0.1, 0.15) is 52.1 Å². The second kappa shape index (κ2) is 10.2. The first kappa shape index (κ1) is 23.1. The van der Waals surface area contributed by atoms with E-state index >= 15 is 0 Å². The summed E-state index contributed by atoms with van der Waals surface area (Å²) in [5.41, 5.74) is 0.905. The Hall–Kier alpha value is -2.54. The summed E-state index contributed by atoms with van der Waals surface area (Å²) in [6.07, 6.45) is 2.32. The Kier molecular flexibility index (Phi) is 7.59. The number of benzene rings is 1. The number of amides is 1. The van der Waals surface area contributed by atoms with Gasteiger partial charge in [0.05, 0.1) is 24.8 Å². The topological polar surface area (TPSA) is 79.3 Å². The lowest BCUT2D eigenvalue weighted by molar-refractivity contribution is -0.129. The van der Waals surface area contributed by atoms with Gasteiger partial charge in [0, 0.05) is 19.0 Å². The zero-order valence-corrected chi connectivity index (χ0v) is 19.0. The number of ether oxygens (including phenoxy) is 2. The maximum atomic E-state index is 13.0. The Labute approximate surface area is 184 Å². The van der Waals surface area contributed by atoms with E-state index in [1.807, 2.05) is 26.0 Å². The highest BCUT2D eigenvalue weighted by Crippen LogP contribution is 2.41. The third kappa shape index (κ3) is 4.87. The number of nitrogens with zero attached hydrogens (tertiary/aromatic N) is 2. The van der Waals surface area contributed by atoms with E-state index in [9.17, 15) is 14.7 Å². The first-order valence-electron chi connectivity index (χ1n) is 11.3. The lowest BCUT2D eigenvalue weighted by atomic mass is 9.91. The quantitative estimate of drug-likeness (QED) is 0.612. The molecule has 1 saturated heterocycles. The summed E-state index contributed by atoms with van der Waals surface area (Å²) in [5, 5.41) is 10.7. The Morgan fingerprint density at radius 3 is 2.35 bits per heavy atom. The van der Waals surface area contributed by atoms with Gasteiger partial charge in [-0.3, -0.25) is 9.59 Å². The number of aliphatic hydroxyl groups excluding tert-OH is 1. The van der Waals surface area contributed by atoms with Crippen molar-refractivity contribution in [1.29, 1.82) is 0 Å². The van der Waals surface area contributed by atoms with Crippen molar-refractivity contribution in [3.63, 3.8) is 0 Å². The molecular formula is C24H34N2O5. The zero-order valence-electron chi connectivity index (χ0n) is 19.0. The number of hydrogen-bond donors (Lipinski definition) is 1. The van der Waals surface area contributed by atoms with Gasteiger partial charge in [0.15, 0.2) is 23.0 Å². The molecule has 1 atom stereocenters. The average molecular weight is 431 g/mol. The molecule has 0 aliphatic carbocycles. The molecule has 2 heterocycles. The molecule has 1 amide bonds. The number of likely N-dealkylation sites (tertiary alicyclic amines) is 1. The van der Waals surface area contributed by atoms with Crippen molar-refractivity contribution < 1.29 is 24.2 Å². The van der Waals surface area contributed by atoms with Crippen LogP contribution in [-0.2, 0) is 9.59 Å². The van der Waals surface area contributed by atoms with E-state index in [1.54, 1.807) is 24.8 Å². The van der Waals surface area contributed by atoms with Gasteiger partial charge in [0.25, 0.3) is 5.91 Å². The van der Waals surface area contributed by atoms with Crippen LogP contribution in [0.25, 0.3) is 0 Å². The third-order valence-corrected chi connectivity index (χ3v) is 5.83. The number of rotatable bonds is 10. The van der Waals surface area contributed by atoms with E-state index < -0.39 is 17.7 Å². The van der Waals surface area contributed by atoms with Crippen LogP contribution < -0.4 is 9.47 Å². The van der Waals surface area contributed by atoms with Crippen LogP contribution in [0.2, 0.25) is 0 Å². The number of carbonyl (C=O) groups is 2. The molecule has 0 radical (unpaired) electrons. The van der Waals surface area contributed by atoms with Crippen LogP contribution in [0.15, 0.2) is 29.5 Å². The van der Waals surface area contributed by atoms with Gasteiger partial charge in [-0.05, 0) is 57.5 Å². The van der Waals surface area contributed by atoms with Crippen molar-refractivity contribution in [2.45, 2.75) is 46.6 Å². The van der Waals surface area contributed by atoms with Crippen molar-refractivity contribution in [1.82, 2.24) is 9.80 Å². The minimum atomic E-state index is -0.639. The van der Waals surface area contributed by atoms with Crippen LogP contribution in [0.4, 0.5) is 0 Å². The van der Waals surface area contributed by atoms with Gasteiger partial charge in [0.1, 0.15) is 0 Å². The van der Waals surface area contributed by atoms with Gasteiger partial charge in [0.2, 0.25) is 0 Å². The van der Waals surface area contributed by atoms with Crippen molar-refractivity contribution in [3.05, 3.63) is 35.1 Å². The van der Waals surface area contributed by atoms with Gasteiger partial charge in [-0.1, -0.05) is 19.9 Å². The summed E-state index contributed by atoms with van der Waals surface area (Å²) in [5.74, 6) is -0.286.